The number of hydrogen-bond acceptors (Lipinski definition) is 7. The molecular formula is C33H27Cl3NO7+. The number of rotatable bonds is 9. The smallest absolute Gasteiger partial charge is 0.350 e. The van der Waals surface area contributed by atoms with Gasteiger partial charge in [0.15, 0.2) is 42.0 Å². The lowest BCUT2D eigenvalue weighted by molar-refractivity contribution is -0.688. The number of ether oxygens (including phenoxy) is 4. The number of aromatic nitrogens is 1. The summed E-state index contributed by atoms with van der Waals surface area (Å²) >= 11 is 18.6. The van der Waals surface area contributed by atoms with E-state index in [9.17, 15) is 14.4 Å². The molecule has 1 aliphatic rings. The Kier molecular flexibility index (Phi) is 9.44. The lowest BCUT2D eigenvalue weighted by Crippen LogP contribution is -2.36. The van der Waals surface area contributed by atoms with Gasteiger partial charge in [0.25, 0.3) is 0 Å². The van der Waals surface area contributed by atoms with E-state index in [4.69, 9.17) is 53.8 Å². The summed E-state index contributed by atoms with van der Waals surface area (Å²) in [5, 5.41) is 0.421. The molecule has 5 rings (SSSR count). The van der Waals surface area contributed by atoms with Crippen LogP contribution in [0.5, 0.6) is 17.2 Å². The minimum absolute atomic E-state index is 0.0383. The molecule has 44 heavy (non-hydrogen) atoms. The van der Waals surface area contributed by atoms with Crippen LogP contribution in [0.15, 0.2) is 67.0 Å². The zero-order chi connectivity index (χ0) is 31.5. The molecule has 0 aliphatic heterocycles. The Balaban J connectivity index is 1.51. The van der Waals surface area contributed by atoms with Crippen molar-refractivity contribution in [3.8, 4) is 17.2 Å². The van der Waals surface area contributed by atoms with Crippen molar-refractivity contribution in [1.29, 1.82) is 0 Å². The van der Waals surface area contributed by atoms with Crippen molar-refractivity contribution in [2.45, 2.75) is 19.4 Å². The Morgan fingerprint density at radius 2 is 1.55 bits per heavy atom. The molecule has 4 aromatic rings. The number of carbonyl (C=O) groups is 3. The van der Waals surface area contributed by atoms with Crippen molar-refractivity contribution >= 4 is 52.5 Å². The summed E-state index contributed by atoms with van der Waals surface area (Å²) in [5.41, 5.74) is 3.26. The maximum Gasteiger partial charge on any atom is 0.350 e. The summed E-state index contributed by atoms with van der Waals surface area (Å²) in [6.07, 6.45) is 4.10. The summed E-state index contributed by atoms with van der Waals surface area (Å²) in [6, 6.07) is 15.1. The Morgan fingerprint density at radius 3 is 2.23 bits per heavy atom. The largest absolute Gasteiger partial charge is 0.493 e. The van der Waals surface area contributed by atoms with Gasteiger partial charge < -0.3 is 18.9 Å². The van der Waals surface area contributed by atoms with Crippen LogP contribution in [0.2, 0.25) is 15.1 Å². The van der Waals surface area contributed by atoms with Crippen LogP contribution in [-0.2, 0) is 24.1 Å². The Morgan fingerprint density at radius 1 is 0.864 bits per heavy atom. The van der Waals surface area contributed by atoms with Crippen LogP contribution in [0.1, 0.15) is 47.8 Å². The monoisotopic (exact) mass is 654 g/mol. The topological polar surface area (TPSA) is 92.0 Å². The predicted octanol–water partition coefficient (Wildman–Crippen LogP) is 6.60. The van der Waals surface area contributed by atoms with Crippen LogP contribution in [0.3, 0.4) is 0 Å². The zero-order valence-electron chi connectivity index (χ0n) is 24.0. The number of benzene rings is 3. The SMILES string of the molecule is COC(=O)c1ccccc1C[n+]1ccc(CC2Cc3cc(OC)c(OC)cc3C2=O)c(C(=O)Oc2c(Cl)cc(Cl)cc2Cl)c1. The molecule has 1 aromatic heterocycles. The number of esters is 2. The predicted molar refractivity (Wildman–Crippen MR) is 165 cm³/mol. The van der Waals surface area contributed by atoms with Crippen molar-refractivity contribution < 1.29 is 37.9 Å². The van der Waals surface area contributed by atoms with Gasteiger partial charge in [-0.25, -0.2) is 9.59 Å². The van der Waals surface area contributed by atoms with Crippen molar-refractivity contribution in [3.63, 3.8) is 0 Å². The first kappa shape index (κ1) is 31.3. The van der Waals surface area contributed by atoms with Gasteiger partial charge in [-0.15, -0.1) is 0 Å². The first-order valence-corrected chi connectivity index (χ1v) is 14.6. The Bertz CT molecular complexity index is 1770. The number of ketones is 1. The van der Waals surface area contributed by atoms with Crippen LogP contribution in [0.25, 0.3) is 0 Å². The number of hydrogen-bond donors (Lipinski definition) is 0. The van der Waals surface area contributed by atoms with Crippen molar-refractivity contribution in [2.24, 2.45) is 5.92 Å². The van der Waals surface area contributed by atoms with Gasteiger partial charge >= 0.3 is 11.9 Å². The number of nitrogens with zero attached hydrogens (tertiary/aromatic N) is 1. The molecule has 0 spiro atoms. The average Bonchev–Trinajstić information content (AvgIpc) is 3.31. The fraction of sp³-hybridized carbons (Fsp3) is 0.212. The minimum atomic E-state index is -0.729. The second-order valence-electron chi connectivity index (χ2n) is 10.1. The highest BCUT2D eigenvalue weighted by Crippen LogP contribution is 2.39. The van der Waals surface area contributed by atoms with Gasteiger partial charge in [0.2, 0.25) is 0 Å². The van der Waals surface area contributed by atoms with Crippen LogP contribution >= 0.6 is 34.8 Å². The zero-order valence-corrected chi connectivity index (χ0v) is 26.3. The van der Waals surface area contributed by atoms with E-state index in [2.05, 4.69) is 0 Å². The Labute approximate surface area is 269 Å². The maximum atomic E-state index is 13.7. The summed E-state index contributed by atoms with van der Waals surface area (Å²) < 4.78 is 23.2. The van der Waals surface area contributed by atoms with Gasteiger partial charge in [-0.1, -0.05) is 53.0 Å². The quantitative estimate of drug-likeness (QED) is 0.114. The molecule has 1 aliphatic carbocycles. The fourth-order valence-corrected chi connectivity index (χ4v) is 6.19. The molecule has 1 atom stereocenters. The second-order valence-corrected chi connectivity index (χ2v) is 11.4. The molecule has 0 bridgehead atoms. The van der Waals surface area contributed by atoms with Gasteiger partial charge in [0.1, 0.15) is 5.56 Å². The van der Waals surface area contributed by atoms with Crippen LogP contribution in [0.4, 0.5) is 0 Å². The number of fused-ring (bicyclic) bond motifs is 1. The van der Waals surface area contributed by atoms with E-state index in [1.54, 1.807) is 54.4 Å². The van der Waals surface area contributed by atoms with Gasteiger partial charge in [0.05, 0.1) is 36.9 Å². The lowest BCUT2D eigenvalue weighted by atomic mass is 9.93. The van der Waals surface area contributed by atoms with E-state index >= 15 is 0 Å². The van der Waals surface area contributed by atoms with Crippen molar-refractivity contribution in [3.05, 3.63) is 115 Å². The number of carbonyl (C=O) groups excluding carboxylic acids is 3. The molecular weight excluding hydrogens is 629 g/mol. The summed E-state index contributed by atoms with van der Waals surface area (Å²) in [4.78, 5) is 39.6. The number of methoxy groups -OCH3 is 3. The number of pyridine rings is 1. The first-order chi connectivity index (χ1) is 21.1. The molecule has 0 fully saturated rings. The third-order valence-electron chi connectivity index (χ3n) is 7.44. The fourth-order valence-electron chi connectivity index (χ4n) is 5.29. The van der Waals surface area contributed by atoms with E-state index in [1.165, 1.54) is 26.4 Å². The summed E-state index contributed by atoms with van der Waals surface area (Å²) in [5.74, 6) is -0.739. The third kappa shape index (κ3) is 6.38. The van der Waals surface area contributed by atoms with Gasteiger partial charge in [-0.05, 0) is 54.3 Å². The van der Waals surface area contributed by atoms with Crippen molar-refractivity contribution in [1.82, 2.24) is 0 Å². The summed E-state index contributed by atoms with van der Waals surface area (Å²) in [7, 11) is 4.37. The van der Waals surface area contributed by atoms with Gasteiger partial charge in [0, 0.05) is 28.1 Å². The number of Topliss-reactive ketones (excluding diaryl/α,β-unsaturated/α-hetero) is 1. The highest BCUT2D eigenvalue weighted by atomic mass is 35.5. The summed E-state index contributed by atoms with van der Waals surface area (Å²) in [6.45, 7) is 0.252. The second kappa shape index (κ2) is 13.3. The highest BCUT2D eigenvalue weighted by Gasteiger charge is 2.34. The lowest BCUT2D eigenvalue weighted by Gasteiger charge is -2.13. The third-order valence-corrected chi connectivity index (χ3v) is 8.22. The molecule has 0 saturated heterocycles. The van der Waals surface area contributed by atoms with Crippen molar-refractivity contribution in [2.75, 3.05) is 21.3 Å². The molecule has 0 amide bonds. The van der Waals surface area contributed by atoms with E-state index in [0.717, 1.165) is 5.56 Å². The minimum Gasteiger partial charge on any atom is -0.493 e. The molecule has 1 heterocycles. The van der Waals surface area contributed by atoms with Gasteiger partial charge in [-0.3, -0.25) is 4.79 Å². The molecule has 11 heteroatoms. The Hall–Kier alpha value is -4.11. The first-order valence-electron chi connectivity index (χ1n) is 13.5. The van der Waals surface area contributed by atoms with Crippen LogP contribution in [0, 0.1) is 5.92 Å². The standard InChI is InChI=1S/C33H27Cl3NO7/c1-41-28-12-20-11-21(30(38)24(20)15-29(28)42-2)10-18-8-9-37(16-19-6-4-5-7-23(19)32(39)43-3)17-25(18)33(40)44-31-26(35)13-22(34)14-27(31)36/h4-9,12-15,17,21H,10-11,16H2,1-3H3/q+1. The van der Waals surface area contributed by atoms with Gasteiger partial charge in [-0.2, -0.15) is 4.57 Å². The number of halogens is 3. The van der Waals surface area contributed by atoms with E-state index in [0.29, 0.717) is 40.2 Å². The van der Waals surface area contributed by atoms with E-state index in [-0.39, 0.29) is 45.1 Å². The van der Waals surface area contributed by atoms with E-state index in [1.807, 2.05) is 12.1 Å². The van der Waals surface area contributed by atoms with E-state index < -0.39 is 17.9 Å². The molecule has 0 radical (unpaired) electrons. The molecule has 1 unspecified atom stereocenters. The van der Waals surface area contributed by atoms with Crippen LogP contribution < -0.4 is 18.8 Å². The highest BCUT2D eigenvalue weighted by molar-refractivity contribution is 6.40. The molecule has 8 nitrogen and oxygen atoms in total. The molecule has 3 aromatic carbocycles. The normalized spacial score (nSPS) is 13.8. The maximum absolute atomic E-state index is 13.7. The molecule has 0 N–H and O–H groups in total. The molecule has 226 valence electrons. The van der Waals surface area contributed by atoms with Crippen LogP contribution in [-0.4, -0.2) is 39.1 Å². The molecule has 0 saturated carbocycles. The average molecular weight is 656 g/mol.